The molecule has 1 aromatic rings. The SMILES string of the molecule is Cc1cc(C(=O)NCC2CCC(C)CC2)ccc1NN. The van der Waals surface area contributed by atoms with Gasteiger partial charge in [-0.15, -0.1) is 0 Å². The summed E-state index contributed by atoms with van der Waals surface area (Å²) in [5.41, 5.74) is 5.15. The second-order valence-corrected chi connectivity index (χ2v) is 6.01. The molecule has 4 nitrogen and oxygen atoms in total. The van der Waals surface area contributed by atoms with Crippen LogP contribution < -0.4 is 16.6 Å². The largest absolute Gasteiger partial charge is 0.352 e. The molecule has 1 aromatic carbocycles. The van der Waals surface area contributed by atoms with E-state index in [0.29, 0.717) is 11.5 Å². The van der Waals surface area contributed by atoms with E-state index in [1.165, 1.54) is 25.7 Å². The number of hydrazine groups is 1. The average Bonchev–Trinajstić information content (AvgIpc) is 2.46. The number of hydrogen-bond donors (Lipinski definition) is 3. The molecule has 2 rings (SSSR count). The number of rotatable bonds is 4. The zero-order valence-electron chi connectivity index (χ0n) is 12.4. The second-order valence-electron chi connectivity index (χ2n) is 6.01. The molecule has 20 heavy (non-hydrogen) atoms. The maximum atomic E-state index is 12.1. The Balaban J connectivity index is 1.87. The van der Waals surface area contributed by atoms with Crippen molar-refractivity contribution in [2.24, 2.45) is 17.7 Å². The Hall–Kier alpha value is -1.55. The average molecular weight is 275 g/mol. The minimum atomic E-state index is 0.00953. The summed E-state index contributed by atoms with van der Waals surface area (Å²) in [5.74, 6) is 6.89. The van der Waals surface area contributed by atoms with Gasteiger partial charge < -0.3 is 10.7 Å². The third-order valence-electron chi connectivity index (χ3n) is 4.33. The molecule has 0 atom stereocenters. The summed E-state index contributed by atoms with van der Waals surface area (Å²) in [6, 6.07) is 5.51. The van der Waals surface area contributed by atoms with Gasteiger partial charge in [-0.25, -0.2) is 0 Å². The summed E-state index contributed by atoms with van der Waals surface area (Å²) in [5, 5.41) is 3.06. The van der Waals surface area contributed by atoms with Crippen molar-refractivity contribution in [2.45, 2.75) is 39.5 Å². The number of amides is 1. The van der Waals surface area contributed by atoms with Crippen LogP contribution in [0.15, 0.2) is 18.2 Å². The summed E-state index contributed by atoms with van der Waals surface area (Å²) < 4.78 is 0. The quantitative estimate of drug-likeness (QED) is 0.584. The van der Waals surface area contributed by atoms with Crippen LogP contribution in [0.2, 0.25) is 0 Å². The van der Waals surface area contributed by atoms with Crippen molar-refractivity contribution in [3.05, 3.63) is 29.3 Å². The van der Waals surface area contributed by atoms with Gasteiger partial charge in [0.1, 0.15) is 0 Å². The first-order valence-electron chi connectivity index (χ1n) is 7.45. The smallest absolute Gasteiger partial charge is 0.251 e. The van der Waals surface area contributed by atoms with Crippen LogP contribution in [0.1, 0.15) is 48.5 Å². The van der Waals surface area contributed by atoms with Crippen LogP contribution in [0.3, 0.4) is 0 Å². The minimum absolute atomic E-state index is 0.00953. The molecule has 110 valence electrons. The number of nitrogens with two attached hydrogens (primary N) is 1. The number of nitrogen functional groups attached to an aromatic ring is 1. The molecule has 0 bridgehead atoms. The number of anilines is 1. The molecule has 1 amide bonds. The van der Waals surface area contributed by atoms with Gasteiger partial charge in [0.2, 0.25) is 0 Å². The van der Waals surface area contributed by atoms with Gasteiger partial charge >= 0.3 is 0 Å². The normalized spacial score (nSPS) is 22.4. The first-order valence-corrected chi connectivity index (χ1v) is 7.45. The van der Waals surface area contributed by atoms with Crippen molar-refractivity contribution in [2.75, 3.05) is 12.0 Å². The van der Waals surface area contributed by atoms with Crippen molar-refractivity contribution < 1.29 is 4.79 Å². The van der Waals surface area contributed by atoms with Gasteiger partial charge in [0.05, 0.1) is 5.69 Å². The van der Waals surface area contributed by atoms with E-state index in [0.717, 1.165) is 23.7 Å². The third kappa shape index (κ3) is 3.73. The number of benzene rings is 1. The monoisotopic (exact) mass is 275 g/mol. The second kappa shape index (κ2) is 6.75. The molecule has 1 aliphatic carbocycles. The lowest BCUT2D eigenvalue weighted by Gasteiger charge is -2.26. The Morgan fingerprint density at radius 1 is 1.30 bits per heavy atom. The van der Waals surface area contributed by atoms with Crippen molar-refractivity contribution in [3.8, 4) is 0 Å². The van der Waals surface area contributed by atoms with Crippen LogP contribution >= 0.6 is 0 Å². The summed E-state index contributed by atoms with van der Waals surface area (Å²) in [6.45, 7) is 5.04. The van der Waals surface area contributed by atoms with Crippen LogP contribution in [-0.2, 0) is 0 Å². The van der Waals surface area contributed by atoms with E-state index < -0.39 is 0 Å². The molecular weight excluding hydrogens is 250 g/mol. The van der Waals surface area contributed by atoms with Crippen LogP contribution in [0.4, 0.5) is 5.69 Å². The Kier molecular flexibility index (Phi) is 5.01. The lowest BCUT2D eigenvalue weighted by Crippen LogP contribution is -2.31. The van der Waals surface area contributed by atoms with E-state index in [1.807, 2.05) is 19.1 Å². The van der Waals surface area contributed by atoms with E-state index in [1.54, 1.807) is 6.07 Å². The van der Waals surface area contributed by atoms with Gasteiger partial charge in [0.25, 0.3) is 5.91 Å². The van der Waals surface area contributed by atoms with Crippen molar-refractivity contribution >= 4 is 11.6 Å². The minimum Gasteiger partial charge on any atom is -0.352 e. The topological polar surface area (TPSA) is 67.2 Å². The highest BCUT2D eigenvalue weighted by molar-refractivity contribution is 5.94. The summed E-state index contributed by atoms with van der Waals surface area (Å²) in [6.07, 6.45) is 5.04. The predicted molar refractivity (Wildman–Crippen MR) is 82.4 cm³/mol. The molecule has 0 spiro atoms. The summed E-state index contributed by atoms with van der Waals surface area (Å²) in [7, 11) is 0. The molecule has 4 heteroatoms. The van der Waals surface area contributed by atoms with E-state index in [-0.39, 0.29) is 5.91 Å². The molecule has 4 N–H and O–H groups in total. The summed E-state index contributed by atoms with van der Waals surface area (Å²) >= 11 is 0. The molecule has 0 saturated heterocycles. The van der Waals surface area contributed by atoms with E-state index >= 15 is 0 Å². The standard InChI is InChI=1S/C16H25N3O/c1-11-3-5-13(6-4-11)10-18-16(20)14-7-8-15(19-17)12(2)9-14/h7-9,11,13,19H,3-6,10,17H2,1-2H3,(H,18,20). The summed E-state index contributed by atoms with van der Waals surface area (Å²) in [4.78, 5) is 12.1. The molecule has 1 fully saturated rings. The molecular formula is C16H25N3O. The lowest BCUT2D eigenvalue weighted by molar-refractivity contribution is 0.0942. The number of nitrogens with one attached hydrogen (secondary N) is 2. The highest BCUT2D eigenvalue weighted by Gasteiger charge is 2.19. The molecule has 1 aliphatic rings. The van der Waals surface area contributed by atoms with Gasteiger partial charge in [-0.05, 0) is 55.4 Å². The van der Waals surface area contributed by atoms with Gasteiger partial charge in [-0.3, -0.25) is 10.6 Å². The molecule has 0 unspecified atom stereocenters. The van der Waals surface area contributed by atoms with E-state index in [9.17, 15) is 4.79 Å². The Morgan fingerprint density at radius 2 is 2.00 bits per heavy atom. The fraction of sp³-hybridized carbons (Fsp3) is 0.562. The maximum Gasteiger partial charge on any atom is 0.251 e. The van der Waals surface area contributed by atoms with Crippen LogP contribution in [-0.4, -0.2) is 12.5 Å². The van der Waals surface area contributed by atoms with Gasteiger partial charge in [-0.1, -0.05) is 19.8 Å². The lowest BCUT2D eigenvalue weighted by atomic mass is 9.83. The first-order chi connectivity index (χ1) is 9.60. The van der Waals surface area contributed by atoms with Crippen molar-refractivity contribution in [3.63, 3.8) is 0 Å². The van der Waals surface area contributed by atoms with Crippen LogP contribution in [0, 0.1) is 18.8 Å². The van der Waals surface area contributed by atoms with Gasteiger partial charge in [0.15, 0.2) is 0 Å². The third-order valence-corrected chi connectivity index (χ3v) is 4.33. The zero-order valence-corrected chi connectivity index (χ0v) is 12.4. The van der Waals surface area contributed by atoms with E-state index in [2.05, 4.69) is 17.7 Å². The maximum absolute atomic E-state index is 12.1. The van der Waals surface area contributed by atoms with Gasteiger partial charge in [-0.2, -0.15) is 0 Å². The number of carbonyl (C=O) groups excluding carboxylic acids is 1. The molecule has 0 aromatic heterocycles. The Bertz CT molecular complexity index is 465. The Labute approximate surface area is 121 Å². The predicted octanol–water partition coefficient (Wildman–Crippen LogP) is 2.84. The number of aryl methyl sites for hydroxylation is 1. The molecule has 0 aliphatic heterocycles. The highest BCUT2D eigenvalue weighted by Crippen LogP contribution is 2.27. The van der Waals surface area contributed by atoms with Crippen LogP contribution in [0.5, 0.6) is 0 Å². The van der Waals surface area contributed by atoms with Gasteiger partial charge in [0, 0.05) is 12.1 Å². The van der Waals surface area contributed by atoms with Crippen molar-refractivity contribution in [1.29, 1.82) is 0 Å². The number of carbonyl (C=O) groups is 1. The van der Waals surface area contributed by atoms with Crippen LogP contribution in [0.25, 0.3) is 0 Å². The molecule has 0 radical (unpaired) electrons. The molecule has 1 saturated carbocycles. The fourth-order valence-corrected chi connectivity index (χ4v) is 2.84. The Morgan fingerprint density at radius 3 is 2.60 bits per heavy atom. The number of hydrogen-bond acceptors (Lipinski definition) is 3. The fourth-order valence-electron chi connectivity index (χ4n) is 2.84. The van der Waals surface area contributed by atoms with E-state index in [4.69, 9.17) is 5.84 Å². The highest BCUT2D eigenvalue weighted by atomic mass is 16.1. The molecule has 0 heterocycles. The van der Waals surface area contributed by atoms with Crippen molar-refractivity contribution in [1.82, 2.24) is 5.32 Å². The first kappa shape index (κ1) is 14.9. The zero-order chi connectivity index (χ0) is 14.5.